The zero-order valence-corrected chi connectivity index (χ0v) is 16.7. The third-order valence-electron chi connectivity index (χ3n) is 5.43. The number of nitrogens with one attached hydrogen (secondary N) is 1. The fraction of sp³-hybridized carbons (Fsp3) is 0.348. The van der Waals surface area contributed by atoms with Crippen LogP contribution in [0.15, 0.2) is 48.5 Å². The van der Waals surface area contributed by atoms with E-state index < -0.39 is 0 Å². The number of hydrogen-bond donors (Lipinski definition) is 1. The quantitative estimate of drug-likeness (QED) is 0.704. The van der Waals surface area contributed by atoms with Gasteiger partial charge in [-0.1, -0.05) is 29.8 Å². The number of carbonyl (C=O) groups excluding carboxylic acids is 2. The highest BCUT2D eigenvalue weighted by molar-refractivity contribution is 5.94. The molecule has 0 spiro atoms. The van der Waals surface area contributed by atoms with Crippen molar-refractivity contribution in [3.05, 3.63) is 65.5 Å². The largest absolute Gasteiger partial charge is 0.352 e. The maximum atomic E-state index is 12.7. The lowest BCUT2D eigenvalue weighted by atomic mass is 10.1. The molecule has 0 bridgehead atoms. The molecule has 6 heteroatoms. The van der Waals surface area contributed by atoms with E-state index in [4.69, 9.17) is 4.98 Å². The Balaban J connectivity index is 1.47. The van der Waals surface area contributed by atoms with Gasteiger partial charge in [0.05, 0.1) is 11.0 Å². The van der Waals surface area contributed by atoms with Crippen LogP contribution in [0.25, 0.3) is 11.0 Å². The molecule has 0 unspecified atom stereocenters. The van der Waals surface area contributed by atoms with Crippen molar-refractivity contribution in [2.45, 2.75) is 32.7 Å². The van der Waals surface area contributed by atoms with E-state index in [9.17, 15) is 9.59 Å². The Morgan fingerprint density at radius 2 is 1.76 bits per heavy atom. The molecule has 1 saturated heterocycles. The maximum absolute atomic E-state index is 12.7. The van der Waals surface area contributed by atoms with Crippen molar-refractivity contribution in [3.8, 4) is 0 Å². The lowest BCUT2D eigenvalue weighted by molar-refractivity contribution is -0.130. The zero-order valence-electron chi connectivity index (χ0n) is 16.7. The summed E-state index contributed by atoms with van der Waals surface area (Å²) in [6.07, 6.45) is 2.72. The first-order valence-electron chi connectivity index (χ1n) is 10.2. The number of rotatable bonds is 6. The van der Waals surface area contributed by atoms with Crippen LogP contribution in [0.1, 0.15) is 34.6 Å². The van der Waals surface area contributed by atoms with Crippen LogP contribution in [-0.4, -0.2) is 45.9 Å². The van der Waals surface area contributed by atoms with Crippen LogP contribution in [0.3, 0.4) is 0 Å². The third-order valence-corrected chi connectivity index (χ3v) is 5.43. The van der Waals surface area contributed by atoms with Crippen LogP contribution in [0.5, 0.6) is 0 Å². The molecular weight excluding hydrogens is 364 g/mol. The number of benzene rings is 2. The Morgan fingerprint density at radius 3 is 2.52 bits per heavy atom. The van der Waals surface area contributed by atoms with E-state index in [1.54, 1.807) is 0 Å². The molecule has 2 amide bonds. The maximum Gasteiger partial charge on any atom is 0.251 e. The predicted octanol–water partition coefficient (Wildman–Crippen LogP) is 2.94. The summed E-state index contributed by atoms with van der Waals surface area (Å²) in [7, 11) is 0. The monoisotopic (exact) mass is 390 g/mol. The molecule has 150 valence electrons. The van der Waals surface area contributed by atoms with Gasteiger partial charge in [0.2, 0.25) is 5.91 Å². The molecule has 3 aromatic rings. The van der Waals surface area contributed by atoms with E-state index in [0.29, 0.717) is 25.1 Å². The highest BCUT2D eigenvalue weighted by atomic mass is 16.2. The summed E-state index contributed by atoms with van der Waals surface area (Å²) in [5, 5.41) is 2.96. The zero-order chi connectivity index (χ0) is 20.2. The number of aromatic nitrogens is 2. The van der Waals surface area contributed by atoms with E-state index in [2.05, 4.69) is 5.32 Å². The van der Waals surface area contributed by atoms with Gasteiger partial charge >= 0.3 is 0 Å². The summed E-state index contributed by atoms with van der Waals surface area (Å²) < 4.78 is 1.99. The molecule has 0 radical (unpaired) electrons. The predicted molar refractivity (Wildman–Crippen MR) is 113 cm³/mol. The number of imidazole rings is 1. The summed E-state index contributed by atoms with van der Waals surface area (Å²) >= 11 is 0. The van der Waals surface area contributed by atoms with Gasteiger partial charge < -0.3 is 14.8 Å². The molecule has 1 aliphatic heterocycles. The second-order valence-corrected chi connectivity index (χ2v) is 7.56. The number of hydrogen-bond acceptors (Lipinski definition) is 3. The van der Waals surface area contributed by atoms with E-state index >= 15 is 0 Å². The smallest absolute Gasteiger partial charge is 0.251 e. The molecule has 1 N–H and O–H groups in total. The van der Waals surface area contributed by atoms with Gasteiger partial charge in [-0.2, -0.15) is 0 Å². The van der Waals surface area contributed by atoms with Crippen LogP contribution in [0.4, 0.5) is 0 Å². The molecule has 6 nitrogen and oxygen atoms in total. The van der Waals surface area contributed by atoms with E-state index in [-0.39, 0.29) is 11.8 Å². The van der Waals surface area contributed by atoms with Gasteiger partial charge in [0.15, 0.2) is 0 Å². The topological polar surface area (TPSA) is 67.2 Å². The number of fused-ring (bicyclic) bond motifs is 1. The molecule has 1 aliphatic rings. The Kier molecular flexibility index (Phi) is 5.60. The fourth-order valence-corrected chi connectivity index (χ4v) is 3.79. The van der Waals surface area contributed by atoms with Crippen molar-refractivity contribution < 1.29 is 9.59 Å². The first-order chi connectivity index (χ1) is 14.1. The minimum Gasteiger partial charge on any atom is -0.352 e. The molecule has 4 rings (SSSR count). The highest BCUT2D eigenvalue weighted by Crippen LogP contribution is 2.18. The Hall–Kier alpha value is -3.15. The van der Waals surface area contributed by atoms with Crippen molar-refractivity contribution >= 4 is 22.8 Å². The number of amides is 2. The van der Waals surface area contributed by atoms with Gasteiger partial charge in [-0.05, 0) is 44.0 Å². The van der Waals surface area contributed by atoms with Crippen molar-refractivity contribution in [3.63, 3.8) is 0 Å². The molecule has 1 fully saturated rings. The van der Waals surface area contributed by atoms with Crippen LogP contribution in [-0.2, 0) is 17.8 Å². The number of nitrogens with zero attached hydrogens (tertiary/aromatic N) is 3. The van der Waals surface area contributed by atoms with Gasteiger partial charge in [-0.3, -0.25) is 9.59 Å². The lowest BCUT2D eigenvalue weighted by Crippen LogP contribution is -2.32. The van der Waals surface area contributed by atoms with Gasteiger partial charge in [0.1, 0.15) is 12.4 Å². The second-order valence-electron chi connectivity index (χ2n) is 7.56. The summed E-state index contributed by atoms with van der Waals surface area (Å²) in [4.78, 5) is 31.7. The van der Waals surface area contributed by atoms with E-state index in [1.165, 1.54) is 0 Å². The van der Waals surface area contributed by atoms with E-state index in [0.717, 1.165) is 48.4 Å². The summed E-state index contributed by atoms with van der Waals surface area (Å²) in [5.41, 5.74) is 3.60. The third kappa shape index (κ3) is 4.31. The fourth-order valence-electron chi connectivity index (χ4n) is 3.79. The van der Waals surface area contributed by atoms with Crippen LogP contribution >= 0.6 is 0 Å². The van der Waals surface area contributed by atoms with Crippen LogP contribution in [0.2, 0.25) is 0 Å². The summed E-state index contributed by atoms with van der Waals surface area (Å²) in [6.45, 7) is 4.44. The second kappa shape index (κ2) is 8.47. The number of aryl methyl sites for hydroxylation is 1. The van der Waals surface area contributed by atoms with E-state index in [1.807, 2.05) is 64.9 Å². The van der Waals surface area contributed by atoms with Gasteiger partial charge in [-0.25, -0.2) is 4.98 Å². The molecule has 0 aliphatic carbocycles. The van der Waals surface area contributed by atoms with Gasteiger partial charge in [0, 0.05) is 31.6 Å². The summed E-state index contributed by atoms with van der Waals surface area (Å²) in [5.74, 6) is 0.861. The van der Waals surface area contributed by atoms with Gasteiger partial charge in [0.25, 0.3) is 5.91 Å². The normalized spacial score (nSPS) is 13.8. The molecule has 0 atom stereocenters. The molecule has 0 saturated carbocycles. The average Bonchev–Trinajstić information content (AvgIpc) is 3.37. The lowest BCUT2D eigenvalue weighted by Gasteiger charge is -2.17. The minimum absolute atomic E-state index is 0.0965. The van der Waals surface area contributed by atoms with Crippen molar-refractivity contribution in [1.82, 2.24) is 19.8 Å². The van der Waals surface area contributed by atoms with Crippen molar-refractivity contribution in [2.24, 2.45) is 0 Å². The number of carbonyl (C=O) groups is 2. The minimum atomic E-state index is -0.0965. The molecular formula is C23H26N4O2. The summed E-state index contributed by atoms with van der Waals surface area (Å²) in [6, 6.07) is 15.4. The Bertz CT molecular complexity index is 1020. The van der Waals surface area contributed by atoms with Crippen molar-refractivity contribution in [1.29, 1.82) is 0 Å². The Morgan fingerprint density at radius 1 is 1.03 bits per heavy atom. The molecule has 2 aromatic carbocycles. The first kappa shape index (κ1) is 19.2. The first-order valence-corrected chi connectivity index (χ1v) is 10.2. The van der Waals surface area contributed by atoms with Crippen LogP contribution < -0.4 is 5.32 Å². The van der Waals surface area contributed by atoms with Crippen molar-refractivity contribution in [2.75, 3.05) is 19.6 Å². The molecule has 1 aromatic heterocycles. The number of para-hydroxylation sites is 2. The number of likely N-dealkylation sites (tertiary alicyclic amines) is 1. The average molecular weight is 390 g/mol. The standard InChI is InChI=1S/C23H26N4O2/c1-17-8-10-18(11-9-17)23(29)24-13-12-21-25-19-6-2-3-7-20(19)27(21)16-22(28)26-14-4-5-15-26/h2-3,6-11H,4-5,12-16H2,1H3,(H,24,29). The van der Waals surface area contributed by atoms with Gasteiger partial charge in [-0.15, -0.1) is 0 Å². The molecule has 29 heavy (non-hydrogen) atoms. The highest BCUT2D eigenvalue weighted by Gasteiger charge is 2.20. The SMILES string of the molecule is Cc1ccc(C(=O)NCCc2nc3ccccc3n2CC(=O)N2CCCC2)cc1. The Labute approximate surface area is 170 Å². The molecule has 2 heterocycles. The van der Waals surface area contributed by atoms with Crippen LogP contribution in [0, 0.1) is 6.92 Å².